The van der Waals surface area contributed by atoms with Crippen LogP contribution in [-0.2, 0) is 4.79 Å². The molecule has 0 saturated carbocycles. The number of benzene rings is 2. The fraction of sp³-hybridized carbons (Fsp3) is 0.250. The molecule has 0 radical (unpaired) electrons. The molecule has 0 unspecified atom stereocenters. The second-order valence-corrected chi connectivity index (χ2v) is 8.31. The van der Waals surface area contributed by atoms with Crippen molar-refractivity contribution in [2.75, 3.05) is 23.0 Å². The van der Waals surface area contributed by atoms with E-state index in [1.165, 1.54) is 28.7 Å². The first kappa shape index (κ1) is 20.2. The van der Waals surface area contributed by atoms with Crippen LogP contribution in [0, 0.1) is 13.8 Å². The summed E-state index contributed by atoms with van der Waals surface area (Å²) in [6.07, 6.45) is 0. The van der Waals surface area contributed by atoms with Gasteiger partial charge in [0.1, 0.15) is 5.75 Å². The van der Waals surface area contributed by atoms with E-state index < -0.39 is 0 Å². The smallest absolute Gasteiger partial charge is 0.234 e. The molecule has 1 amide bonds. The number of nitrogens with zero attached hydrogens (tertiary/aromatic N) is 2. The van der Waals surface area contributed by atoms with Crippen molar-refractivity contribution in [1.29, 1.82) is 0 Å². The summed E-state index contributed by atoms with van der Waals surface area (Å²) >= 11 is 2.79. The largest absolute Gasteiger partial charge is 0.494 e. The molecule has 3 rings (SSSR count). The Morgan fingerprint density at radius 3 is 2.64 bits per heavy atom. The number of hydrogen-bond donors (Lipinski definition) is 2. The Kier molecular flexibility index (Phi) is 6.89. The van der Waals surface area contributed by atoms with E-state index in [-0.39, 0.29) is 11.7 Å². The normalized spacial score (nSPS) is 10.5. The topological polar surface area (TPSA) is 76.1 Å². The first-order valence-electron chi connectivity index (χ1n) is 8.87. The molecule has 0 bridgehead atoms. The van der Waals surface area contributed by atoms with Crippen LogP contribution in [0.1, 0.15) is 18.1 Å². The average molecular weight is 415 g/mol. The zero-order valence-corrected chi connectivity index (χ0v) is 17.6. The molecule has 0 spiro atoms. The van der Waals surface area contributed by atoms with Gasteiger partial charge in [0, 0.05) is 11.4 Å². The fourth-order valence-electron chi connectivity index (χ4n) is 2.51. The van der Waals surface area contributed by atoms with Crippen LogP contribution >= 0.6 is 23.1 Å². The molecule has 1 aromatic heterocycles. The van der Waals surface area contributed by atoms with Gasteiger partial charge in [-0.05, 0) is 56.7 Å². The van der Waals surface area contributed by atoms with E-state index in [0.717, 1.165) is 27.0 Å². The highest BCUT2D eigenvalue weighted by Crippen LogP contribution is 2.29. The van der Waals surface area contributed by atoms with Crippen LogP contribution < -0.4 is 15.4 Å². The third-order valence-electron chi connectivity index (χ3n) is 3.81. The van der Waals surface area contributed by atoms with Gasteiger partial charge in [0.25, 0.3) is 0 Å². The van der Waals surface area contributed by atoms with Gasteiger partial charge >= 0.3 is 0 Å². The second-order valence-electron chi connectivity index (χ2n) is 6.11. The predicted molar refractivity (Wildman–Crippen MR) is 116 cm³/mol. The molecule has 3 aromatic rings. The molecule has 0 saturated heterocycles. The van der Waals surface area contributed by atoms with Gasteiger partial charge in [-0.2, -0.15) is 0 Å². The maximum atomic E-state index is 12.1. The summed E-state index contributed by atoms with van der Waals surface area (Å²) in [5.74, 6) is 0.964. The van der Waals surface area contributed by atoms with Crippen molar-refractivity contribution in [3.05, 3.63) is 53.6 Å². The third kappa shape index (κ3) is 5.71. The number of anilines is 3. The van der Waals surface area contributed by atoms with E-state index in [1.54, 1.807) is 0 Å². The zero-order chi connectivity index (χ0) is 19.9. The van der Waals surface area contributed by atoms with Crippen molar-refractivity contribution in [2.45, 2.75) is 25.1 Å². The summed E-state index contributed by atoms with van der Waals surface area (Å²) in [6.45, 7) is 6.67. The summed E-state index contributed by atoms with van der Waals surface area (Å²) < 4.78 is 6.14. The van der Waals surface area contributed by atoms with Crippen molar-refractivity contribution in [2.24, 2.45) is 0 Å². The quantitative estimate of drug-likeness (QED) is 0.504. The first-order chi connectivity index (χ1) is 13.5. The summed E-state index contributed by atoms with van der Waals surface area (Å²) in [5.41, 5.74) is 4.12. The van der Waals surface area contributed by atoms with Crippen LogP contribution in [-0.4, -0.2) is 28.5 Å². The second kappa shape index (κ2) is 9.57. The molecular weight excluding hydrogens is 392 g/mol. The predicted octanol–water partition coefficient (Wildman–Crippen LogP) is 5.03. The van der Waals surface area contributed by atoms with Gasteiger partial charge in [-0.3, -0.25) is 4.79 Å². The summed E-state index contributed by atoms with van der Waals surface area (Å²) in [5, 5.41) is 15.2. The highest BCUT2D eigenvalue weighted by molar-refractivity contribution is 8.01. The Bertz CT molecular complexity index is 942. The Morgan fingerprint density at radius 1 is 1.14 bits per heavy atom. The molecule has 6 nitrogen and oxygen atoms in total. The number of thioether (sulfide) groups is 1. The maximum Gasteiger partial charge on any atom is 0.234 e. The maximum absolute atomic E-state index is 12.1. The van der Waals surface area contributed by atoms with Crippen molar-refractivity contribution >= 4 is 45.5 Å². The molecule has 0 aliphatic rings. The van der Waals surface area contributed by atoms with Crippen molar-refractivity contribution < 1.29 is 9.53 Å². The number of amides is 1. The molecule has 0 atom stereocenters. The molecule has 146 valence electrons. The Morgan fingerprint density at radius 2 is 1.93 bits per heavy atom. The van der Waals surface area contributed by atoms with Gasteiger partial charge < -0.3 is 15.4 Å². The van der Waals surface area contributed by atoms with E-state index in [2.05, 4.69) is 46.8 Å². The van der Waals surface area contributed by atoms with Gasteiger partial charge in [-0.15, -0.1) is 10.2 Å². The number of carbonyl (C=O) groups excluding carboxylic acids is 1. The lowest BCUT2D eigenvalue weighted by Crippen LogP contribution is -2.13. The zero-order valence-electron chi connectivity index (χ0n) is 16.0. The van der Waals surface area contributed by atoms with Crippen molar-refractivity contribution in [3.8, 4) is 5.75 Å². The molecule has 2 aromatic carbocycles. The van der Waals surface area contributed by atoms with Crippen LogP contribution in [0.15, 0.2) is 46.8 Å². The highest BCUT2D eigenvalue weighted by Gasteiger charge is 2.10. The van der Waals surface area contributed by atoms with Crippen LogP contribution in [0.3, 0.4) is 0 Å². The number of nitrogens with one attached hydrogen (secondary N) is 2. The Hall–Kier alpha value is -2.58. The molecular formula is C20H22N4O2S2. The van der Waals surface area contributed by atoms with Crippen LogP contribution in [0.4, 0.5) is 16.5 Å². The number of aromatic nitrogens is 2. The molecule has 28 heavy (non-hydrogen) atoms. The number of ether oxygens (including phenoxy) is 1. The van der Waals surface area contributed by atoms with E-state index in [1.807, 2.05) is 37.3 Å². The SMILES string of the molecule is CCOc1ccc(NC(=O)CSc2nnc(Nc3ccc(C)cc3C)s2)cc1. The number of carbonyl (C=O) groups is 1. The van der Waals surface area contributed by atoms with E-state index >= 15 is 0 Å². The number of aryl methyl sites for hydroxylation is 2. The fourth-order valence-corrected chi connectivity index (χ4v) is 4.08. The monoisotopic (exact) mass is 414 g/mol. The molecule has 0 aliphatic carbocycles. The van der Waals surface area contributed by atoms with Crippen LogP contribution in [0.5, 0.6) is 5.75 Å². The van der Waals surface area contributed by atoms with Crippen molar-refractivity contribution in [1.82, 2.24) is 10.2 Å². The summed E-state index contributed by atoms with van der Waals surface area (Å²) in [6, 6.07) is 13.5. The lowest BCUT2D eigenvalue weighted by Gasteiger charge is -2.07. The van der Waals surface area contributed by atoms with Gasteiger partial charge in [-0.1, -0.05) is 40.8 Å². The number of hydrogen-bond acceptors (Lipinski definition) is 7. The highest BCUT2D eigenvalue weighted by atomic mass is 32.2. The number of rotatable bonds is 8. The molecule has 0 fully saturated rings. The Balaban J connectivity index is 1.50. The minimum absolute atomic E-state index is 0.0896. The molecule has 0 aliphatic heterocycles. The first-order valence-corrected chi connectivity index (χ1v) is 10.7. The molecule has 1 heterocycles. The van der Waals surface area contributed by atoms with Crippen LogP contribution in [0.25, 0.3) is 0 Å². The minimum Gasteiger partial charge on any atom is -0.494 e. The van der Waals surface area contributed by atoms with E-state index in [9.17, 15) is 4.79 Å². The van der Waals surface area contributed by atoms with Gasteiger partial charge in [0.05, 0.1) is 12.4 Å². The van der Waals surface area contributed by atoms with E-state index in [4.69, 9.17) is 4.74 Å². The third-order valence-corrected chi connectivity index (χ3v) is 5.78. The molecule has 2 N–H and O–H groups in total. The van der Waals surface area contributed by atoms with Gasteiger partial charge in [-0.25, -0.2) is 0 Å². The summed E-state index contributed by atoms with van der Waals surface area (Å²) in [7, 11) is 0. The lowest BCUT2D eigenvalue weighted by atomic mass is 10.1. The lowest BCUT2D eigenvalue weighted by molar-refractivity contribution is -0.113. The average Bonchev–Trinajstić information content (AvgIpc) is 3.12. The van der Waals surface area contributed by atoms with Gasteiger partial charge in [0.2, 0.25) is 11.0 Å². The van der Waals surface area contributed by atoms with Crippen molar-refractivity contribution in [3.63, 3.8) is 0 Å². The summed E-state index contributed by atoms with van der Waals surface area (Å²) in [4.78, 5) is 12.1. The molecule has 8 heteroatoms. The van der Waals surface area contributed by atoms with Crippen LogP contribution in [0.2, 0.25) is 0 Å². The van der Waals surface area contributed by atoms with Gasteiger partial charge in [0.15, 0.2) is 4.34 Å². The Labute approximate surface area is 172 Å². The van der Waals surface area contributed by atoms with E-state index in [0.29, 0.717) is 11.7 Å². The minimum atomic E-state index is -0.0896. The standard InChI is InChI=1S/C20H22N4O2S2/c1-4-26-16-8-6-15(7-9-16)21-18(25)12-27-20-24-23-19(28-20)22-17-10-5-13(2)11-14(17)3/h5-11H,4,12H2,1-3H3,(H,21,25)(H,22,23).